The first-order valence-corrected chi connectivity index (χ1v) is 6.40. The van der Waals surface area contributed by atoms with Gasteiger partial charge in [0.1, 0.15) is 17.6 Å². The summed E-state index contributed by atoms with van der Waals surface area (Å²) in [6, 6.07) is 4.89. The Balaban J connectivity index is 1.94. The van der Waals surface area contributed by atoms with Gasteiger partial charge >= 0.3 is 11.9 Å². The predicted octanol–water partition coefficient (Wildman–Crippen LogP) is 1.55. The molecule has 1 heterocycles. The van der Waals surface area contributed by atoms with Crippen molar-refractivity contribution in [3.8, 4) is 0 Å². The second-order valence-corrected chi connectivity index (χ2v) is 4.66. The Kier molecular flexibility index (Phi) is 4.54. The number of aromatic nitrogens is 3. The van der Waals surface area contributed by atoms with E-state index in [2.05, 4.69) is 16.9 Å². The molecule has 0 amide bonds. The van der Waals surface area contributed by atoms with E-state index >= 15 is 0 Å². The van der Waals surface area contributed by atoms with Crippen LogP contribution in [0.3, 0.4) is 0 Å². The van der Waals surface area contributed by atoms with Crippen molar-refractivity contribution in [2.24, 2.45) is 0 Å². The number of nitrogens with zero attached hydrogens (tertiary/aromatic N) is 3. The number of fused-ring (bicyclic) bond motifs is 1. The third-order valence-electron chi connectivity index (χ3n) is 2.45. The topological polar surface area (TPSA) is 83.3 Å². The zero-order chi connectivity index (χ0) is 15.4. The Bertz CT molecular complexity index is 711. The molecule has 0 radical (unpaired) electrons. The Hall–Kier alpha value is -2.41. The number of hydrogen-bond acceptors (Lipinski definition) is 6. The Morgan fingerprint density at radius 3 is 2.90 bits per heavy atom. The van der Waals surface area contributed by atoms with Crippen molar-refractivity contribution >= 4 is 34.6 Å². The summed E-state index contributed by atoms with van der Waals surface area (Å²) in [5, 5.41) is 7.99. The van der Waals surface area contributed by atoms with Crippen LogP contribution in [0.1, 0.15) is 13.3 Å². The summed E-state index contributed by atoms with van der Waals surface area (Å²) in [6.07, 6.45) is -0.110. The fourth-order valence-corrected chi connectivity index (χ4v) is 1.60. The summed E-state index contributed by atoms with van der Waals surface area (Å²) in [5.74, 6) is -1.17. The second-order valence-electron chi connectivity index (χ2n) is 4.22. The first-order valence-electron chi connectivity index (χ1n) is 6.02. The van der Waals surface area contributed by atoms with Crippen molar-refractivity contribution in [1.82, 2.24) is 15.2 Å². The van der Waals surface area contributed by atoms with Crippen LogP contribution in [0.2, 0.25) is 5.02 Å². The fourth-order valence-electron chi connectivity index (χ4n) is 1.43. The van der Waals surface area contributed by atoms with Crippen LogP contribution < -0.4 is 4.84 Å². The minimum atomic E-state index is -0.615. The molecule has 0 aliphatic heterocycles. The summed E-state index contributed by atoms with van der Waals surface area (Å²) < 4.78 is 4.79. The van der Waals surface area contributed by atoms with Crippen molar-refractivity contribution in [2.75, 3.05) is 6.61 Å². The third-order valence-corrected chi connectivity index (χ3v) is 2.69. The zero-order valence-electron chi connectivity index (χ0n) is 11.2. The number of carbonyl (C=O) groups excluding carboxylic acids is 2. The molecule has 0 bridgehead atoms. The van der Waals surface area contributed by atoms with Crippen LogP contribution in [-0.2, 0) is 14.3 Å². The lowest BCUT2D eigenvalue weighted by atomic mass is 10.3. The predicted molar refractivity (Wildman–Crippen MR) is 74.5 cm³/mol. The van der Waals surface area contributed by atoms with Crippen molar-refractivity contribution < 1.29 is 19.2 Å². The molecular weight excluding hydrogens is 298 g/mol. The first-order chi connectivity index (χ1) is 9.97. The van der Waals surface area contributed by atoms with Crippen molar-refractivity contribution in [2.45, 2.75) is 13.3 Å². The molecule has 0 fully saturated rings. The summed E-state index contributed by atoms with van der Waals surface area (Å²) in [4.78, 5) is 28.7. The highest BCUT2D eigenvalue weighted by molar-refractivity contribution is 6.31. The molecule has 1 aromatic carbocycles. The minimum absolute atomic E-state index is 0.0993. The molecule has 0 saturated heterocycles. The number of benzene rings is 1. The SMILES string of the molecule is C=C(C)C(=O)OCCC(=O)On1nnc2ccc(Cl)cc21. The molecule has 0 spiro atoms. The Labute approximate surface area is 125 Å². The number of esters is 1. The molecule has 0 N–H and O–H groups in total. The Morgan fingerprint density at radius 1 is 1.43 bits per heavy atom. The summed E-state index contributed by atoms with van der Waals surface area (Å²) in [5.41, 5.74) is 1.27. The monoisotopic (exact) mass is 309 g/mol. The number of ether oxygens (including phenoxy) is 1. The van der Waals surface area contributed by atoms with Crippen molar-refractivity contribution in [3.63, 3.8) is 0 Å². The van der Waals surface area contributed by atoms with Gasteiger partial charge in [0.05, 0.1) is 6.42 Å². The van der Waals surface area contributed by atoms with E-state index in [9.17, 15) is 9.59 Å². The third kappa shape index (κ3) is 3.79. The van der Waals surface area contributed by atoms with Crippen molar-refractivity contribution in [3.05, 3.63) is 35.4 Å². The van der Waals surface area contributed by atoms with E-state index in [0.29, 0.717) is 16.1 Å². The quantitative estimate of drug-likeness (QED) is 0.473. The van der Waals surface area contributed by atoms with Gasteiger partial charge in [-0.25, -0.2) is 9.59 Å². The van der Waals surface area contributed by atoms with Crippen LogP contribution in [-0.4, -0.2) is 33.7 Å². The van der Waals surface area contributed by atoms with Crippen LogP contribution in [0.5, 0.6) is 0 Å². The molecular formula is C13H12ClN3O4. The molecule has 8 heteroatoms. The maximum atomic E-state index is 11.6. The molecule has 1 aromatic heterocycles. The zero-order valence-corrected chi connectivity index (χ0v) is 12.0. The van der Waals surface area contributed by atoms with E-state index < -0.39 is 11.9 Å². The van der Waals surface area contributed by atoms with Crippen LogP contribution in [0.25, 0.3) is 11.0 Å². The van der Waals surface area contributed by atoms with Crippen LogP contribution in [0, 0.1) is 0 Å². The number of carbonyl (C=O) groups is 2. The van der Waals surface area contributed by atoms with Gasteiger partial charge in [-0.3, -0.25) is 0 Å². The molecule has 0 atom stereocenters. The van der Waals surface area contributed by atoms with Crippen molar-refractivity contribution in [1.29, 1.82) is 0 Å². The molecule has 0 saturated carbocycles. The lowest BCUT2D eigenvalue weighted by Crippen LogP contribution is -2.22. The maximum absolute atomic E-state index is 11.6. The minimum Gasteiger partial charge on any atom is -0.462 e. The standard InChI is InChI=1S/C13H12ClN3O4/c1-8(2)13(19)20-6-5-12(18)21-17-11-7-9(14)3-4-10(11)15-16-17/h3-4,7H,1,5-6H2,2H3. The molecule has 2 rings (SSSR count). The normalized spacial score (nSPS) is 10.4. The van der Waals surface area contributed by atoms with E-state index in [-0.39, 0.29) is 18.6 Å². The molecule has 2 aromatic rings. The molecule has 0 aliphatic rings. The number of halogens is 1. The van der Waals surface area contributed by atoms with E-state index in [4.69, 9.17) is 21.2 Å². The van der Waals surface area contributed by atoms with Gasteiger partial charge in [-0.15, -0.1) is 5.10 Å². The number of rotatable bonds is 5. The smallest absolute Gasteiger partial charge is 0.338 e. The maximum Gasteiger partial charge on any atom is 0.338 e. The van der Waals surface area contributed by atoms with Gasteiger partial charge in [-0.1, -0.05) is 23.0 Å². The van der Waals surface area contributed by atoms with Crippen LogP contribution >= 0.6 is 11.6 Å². The fraction of sp³-hybridized carbons (Fsp3) is 0.231. The van der Waals surface area contributed by atoms with Crippen LogP contribution in [0.4, 0.5) is 0 Å². The average Bonchev–Trinajstić information content (AvgIpc) is 2.81. The average molecular weight is 310 g/mol. The summed E-state index contributed by atoms with van der Waals surface area (Å²) in [7, 11) is 0. The van der Waals surface area contributed by atoms with E-state index in [1.165, 1.54) is 6.92 Å². The van der Waals surface area contributed by atoms with E-state index in [1.807, 2.05) is 0 Å². The van der Waals surface area contributed by atoms with Gasteiger partial charge in [-0.2, -0.15) is 0 Å². The van der Waals surface area contributed by atoms with Gasteiger partial charge in [0.25, 0.3) is 0 Å². The highest BCUT2D eigenvalue weighted by atomic mass is 35.5. The lowest BCUT2D eigenvalue weighted by molar-refractivity contribution is -0.148. The Morgan fingerprint density at radius 2 is 2.19 bits per heavy atom. The highest BCUT2D eigenvalue weighted by Gasteiger charge is 2.12. The largest absolute Gasteiger partial charge is 0.462 e. The van der Waals surface area contributed by atoms with E-state index in [0.717, 1.165) is 4.85 Å². The van der Waals surface area contributed by atoms with E-state index in [1.54, 1.807) is 18.2 Å². The molecule has 7 nitrogen and oxygen atoms in total. The molecule has 0 aliphatic carbocycles. The van der Waals surface area contributed by atoms with Crippen LogP contribution in [0.15, 0.2) is 30.4 Å². The van der Waals surface area contributed by atoms with Gasteiger partial charge in [-0.05, 0) is 30.3 Å². The first kappa shape index (κ1) is 15.0. The van der Waals surface area contributed by atoms with Gasteiger partial charge in [0, 0.05) is 10.6 Å². The van der Waals surface area contributed by atoms with Gasteiger partial charge < -0.3 is 9.57 Å². The molecule has 110 valence electrons. The lowest BCUT2D eigenvalue weighted by Gasteiger charge is -2.05. The summed E-state index contributed by atoms with van der Waals surface area (Å²) in [6.45, 7) is 4.85. The summed E-state index contributed by atoms with van der Waals surface area (Å²) >= 11 is 5.86. The molecule has 0 unspecified atom stereocenters. The highest BCUT2D eigenvalue weighted by Crippen LogP contribution is 2.16. The number of hydrogen-bond donors (Lipinski definition) is 0. The molecule has 21 heavy (non-hydrogen) atoms. The van der Waals surface area contributed by atoms with Gasteiger partial charge in [0.15, 0.2) is 0 Å². The van der Waals surface area contributed by atoms with Gasteiger partial charge in [0.2, 0.25) is 0 Å². The second kappa shape index (κ2) is 6.36.